The number of hydrogen-bond donors (Lipinski definition) is 1. The molecule has 1 aromatic carbocycles. The number of para-hydroxylation sites is 1. The van der Waals surface area contributed by atoms with Crippen LogP contribution in [0.2, 0.25) is 0 Å². The fourth-order valence-corrected chi connectivity index (χ4v) is 2.77. The van der Waals surface area contributed by atoms with E-state index in [0.717, 1.165) is 13.1 Å². The van der Waals surface area contributed by atoms with Crippen LogP contribution in [0.3, 0.4) is 0 Å². The molecule has 0 amide bonds. The summed E-state index contributed by atoms with van der Waals surface area (Å²) in [4.78, 5) is 2.59. The van der Waals surface area contributed by atoms with E-state index in [1.807, 2.05) is 0 Å². The van der Waals surface area contributed by atoms with E-state index in [9.17, 15) is 0 Å². The normalized spacial score (nSPS) is 20.2. The number of aryl methyl sites for hydroxylation is 1. The predicted octanol–water partition coefficient (Wildman–Crippen LogP) is 3.48. The Morgan fingerprint density at radius 2 is 2.11 bits per heavy atom. The number of benzene rings is 1. The van der Waals surface area contributed by atoms with Crippen LogP contribution in [0.4, 0.5) is 5.69 Å². The van der Waals surface area contributed by atoms with Gasteiger partial charge in [-0.2, -0.15) is 0 Å². The topological polar surface area (TPSA) is 15.3 Å². The van der Waals surface area contributed by atoms with Crippen molar-refractivity contribution in [3.05, 3.63) is 29.3 Å². The van der Waals surface area contributed by atoms with Gasteiger partial charge in [0.15, 0.2) is 0 Å². The van der Waals surface area contributed by atoms with Crippen molar-refractivity contribution in [3.63, 3.8) is 0 Å². The van der Waals surface area contributed by atoms with Gasteiger partial charge in [0.1, 0.15) is 0 Å². The van der Waals surface area contributed by atoms with Gasteiger partial charge in [0, 0.05) is 30.4 Å². The first-order valence-corrected chi connectivity index (χ1v) is 7.05. The number of anilines is 1. The molecule has 2 nitrogen and oxygen atoms in total. The SMILES string of the molecule is CCC(C)N1CC(C)(C)NCc2cccc(C)c21. The van der Waals surface area contributed by atoms with E-state index in [0.29, 0.717) is 6.04 Å². The van der Waals surface area contributed by atoms with E-state index in [4.69, 9.17) is 0 Å². The molecule has 0 aromatic heterocycles. The molecule has 0 saturated heterocycles. The zero-order valence-electron chi connectivity index (χ0n) is 12.4. The maximum Gasteiger partial charge on any atom is 0.0444 e. The third-order valence-electron chi connectivity index (χ3n) is 4.05. The molecule has 0 saturated carbocycles. The summed E-state index contributed by atoms with van der Waals surface area (Å²) in [6.07, 6.45) is 1.18. The quantitative estimate of drug-likeness (QED) is 0.859. The Morgan fingerprint density at radius 1 is 1.39 bits per heavy atom. The first kappa shape index (κ1) is 13.4. The molecule has 18 heavy (non-hydrogen) atoms. The molecule has 1 aliphatic rings. The summed E-state index contributed by atoms with van der Waals surface area (Å²) in [7, 11) is 0. The van der Waals surface area contributed by atoms with Crippen molar-refractivity contribution in [1.29, 1.82) is 0 Å². The average molecular weight is 246 g/mol. The molecule has 1 heterocycles. The minimum Gasteiger partial charge on any atom is -0.367 e. The van der Waals surface area contributed by atoms with Gasteiger partial charge in [0.25, 0.3) is 0 Å². The fraction of sp³-hybridized carbons (Fsp3) is 0.625. The second kappa shape index (κ2) is 4.93. The van der Waals surface area contributed by atoms with Gasteiger partial charge in [-0.05, 0) is 45.2 Å². The number of nitrogens with zero attached hydrogens (tertiary/aromatic N) is 1. The summed E-state index contributed by atoms with van der Waals surface area (Å²) < 4.78 is 0. The molecule has 0 fully saturated rings. The molecule has 1 atom stereocenters. The van der Waals surface area contributed by atoms with E-state index in [-0.39, 0.29) is 5.54 Å². The molecule has 2 heteroatoms. The van der Waals surface area contributed by atoms with E-state index >= 15 is 0 Å². The van der Waals surface area contributed by atoms with Gasteiger partial charge >= 0.3 is 0 Å². The molecule has 1 aliphatic heterocycles. The van der Waals surface area contributed by atoms with E-state index in [2.05, 4.69) is 63.0 Å². The van der Waals surface area contributed by atoms with E-state index in [1.54, 1.807) is 0 Å². The van der Waals surface area contributed by atoms with Crippen LogP contribution in [0.1, 0.15) is 45.2 Å². The highest BCUT2D eigenvalue weighted by molar-refractivity contribution is 5.61. The molecule has 100 valence electrons. The number of fused-ring (bicyclic) bond motifs is 1. The summed E-state index contributed by atoms with van der Waals surface area (Å²) in [6.45, 7) is 13.5. The molecule has 0 radical (unpaired) electrons. The first-order chi connectivity index (χ1) is 8.44. The second-order valence-corrected chi connectivity index (χ2v) is 6.21. The standard InChI is InChI=1S/C16H26N2/c1-6-13(3)18-11-16(4,5)17-10-14-9-7-8-12(2)15(14)18/h7-9,13,17H,6,10-11H2,1-5H3. The minimum absolute atomic E-state index is 0.162. The smallest absolute Gasteiger partial charge is 0.0444 e. The highest BCUT2D eigenvalue weighted by atomic mass is 15.2. The predicted molar refractivity (Wildman–Crippen MR) is 79.2 cm³/mol. The largest absolute Gasteiger partial charge is 0.367 e. The highest BCUT2D eigenvalue weighted by Gasteiger charge is 2.29. The average Bonchev–Trinajstić information content (AvgIpc) is 2.46. The maximum absolute atomic E-state index is 3.67. The summed E-state index contributed by atoms with van der Waals surface area (Å²) in [5.74, 6) is 0. The van der Waals surface area contributed by atoms with Crippen LogP contribution in [-0.2, 0) is 6.54 Å². The lowest BCUT2D eigenvalue weighted by atomic mass is 10.0. The van der Waals surface area contributed by atoms with Gasteiger partial charge in [-0.1, -0.05) is 25.1 Å². The van der Waals surface area contributed by atoms with Crippen molar-refractivity contribution in [1.82, 2.24) is 5.32 Å². The molecule has 0 bridgehead atoms. The fourth-order valence-electron chi connectivity index (χ4n) is 2.77. The monoisotopic (exact) mass is 246 g/mol. The number of nitrogens with one attached hydrogen (secondary N) is 1. The van der Waals surface area contributed by atoms with Crippen molar-refractivity contribution in [2.75, 3.05) is 11.4 Å². The van der Waals surface area contributed by atoms with Crippen molar-refractivity contribution in [3.8, 4) is 0 Å². The zero-order chi connectivity index (χ0) is 13.3. The number of rotatable bonds is 2. The Labute approximate surface area is 111 Å². The van der Waals surface area contributed by atoms with Crippen LogP contribution in [0, 0.1) is 6.92 Å². The summed E-state index contributed by atoms with van der Waals surface area (Å²) in [5, 5.41) is 3.67. The maximum atomic E-state index is 3.67. The molecule has 1 N–H and O–H groups in total. The van der Waals surface area contributed by atoms with Gasteiger partial charge in [0.2, 0.25) is 0 Å². The molecule has 0 aliphatic carbocycles. The van der Waals surface area contributed by atoms with Gasteiger partial charge in [-0.25, -0.2) is 0 Å². The van der Waals surface area contributed by atoms with Crippen molar-refractivity contribution < 1.29 is 0 Å². The van der Waals surface area contributed by atoms with Crippen molar-refractivity contribution >= 4 is 5.69 Å². The Hall–Kier alpha value is -1.02. The van der Waals surface area contributed by atoms with Crippen LogP contribution in [-0.4, -0.2) is 18.1 Å². The number of hydrogen-bond acceptors (Lipinski definition) is 2. The third kappa shape index (κ3) is 2.54. The van der Waals surface area contributed by atoms with Gasteiger partial charge in [-0.3, -0.25) is 0 Å². The van der Waals surface area contributed by atoms with Crippen LogP contribution in [0.15, 0.2) is 18.2 Å². The second-order valence-electron chi connectivity index (χ2n) is 6.21. The third-order valence-corrected chi connectivity index (χ3v) is 4.05. The molecule has 1 aromatic rings. The van der Waals surface area contributed by atoms with Crippen LogP contribution in [0.25, 0.3) is 0 Å². The zero-order valence-corrected chi connectivity index (χ0v) is 12.4. The van der Waals surface area contributed by atoms with Crippen molar-refractivity contribution in [2.45, 2.75) is 59.2 Å². The highest BCUT2D eigenvalue weighted by Crippen LogP contribution is 2.31. The van der Waals surface area contributed by atoms with Crippen molar-refractivity contribution in [2.24, 2.45) is 0 Å². The summed E-state index contributed by atoms with van der Waals surface area (Å²) >= 11 is 0. The van der Waals surface area contributed by atoms with Gasteiger partial charge in [0.05, 0.1) is 0 Å². The lowest BCUT2D eigenvalue weighted by Crippen LogP contribution is -2.49. The Morgan fingerprint density at radius 3 is 2.78 bits per heavy atom. The minimum atomic E-state index is 0.162. The summed E-state index contributed by atoms with van der Waals surface area (Å²) in [6, 6.07) is 7.24. The molecular formula is C16H26N2. The Balaban J connectivity index is 2.48. The summed E-state index contributed by atoms with van der Waals surface area (Å²) in [5.41, 5.74) is 4.44. The first-order valence-electron chi connectivity index (χ1n) is 7.05. The van der Waals surface area contributed by atoms with E-state index < -0.39 is 0 Å². The Bertz CT molecular complexity index is 423. The molecule has 1 unspecified atom stereocenters. The van der Waals surface area contributed by atoms with E-state index in [1.165, 1.54) is 23.2 Å². The molecule has 0 spiro atoms. The lowest BCUT2D eigenvalue weighted by molar-refractivity contribution is 0.384. The molecular weight excluding hydrogens is 220 g/mol. The van der Waals surface area contributed by atoms with Crippen LogP contribution < -0.4 is 10.2 Å². The van der Waals surface area contributed by atoms with Crippen LogP contribution in [0.5, 0.6) is 0 Å². The Kier molecular flexibility index (Phi) is 3.67. The van der Waals surface area contributed by atoms with Gasteiger partial charge in [-0.15, -0.1) is 0 Å². The van der Waals surface area contributed by atoms with Gasteiger partial charge < -0.3 is 10.2 Å². The van der Waals surface area contributed by atoms with Crippen LogP contribution >= 0.6 is 0 Å². The molecule has 2 rings (SSSR count). The lowest BCUT2D eigenvalue weighted by Gasteiger charge is -2.37.